The van der Waals surface area contributed by atoms with Gasteiger partial charge >= 0.3 is 0 Å². The van der Waals surface area contributed by atoms with Gasteiger partial charge in [-0.2, -0.15) is 11.8 Å². The van der Waals surface area contributed by atoms with Crippen molar-refractivity contribution in [1.29, 1.82) is 0 Å². The molecule has 0 fully saturated rings. The van der Waals surface area contributed by atoms with Gasteiger partial charge in [0.25, 0.3) is 0 Å². The summed E-state index contributed by atoms with van der Waals surface area (Å²) >= 11 is 1.92. The number of carbonyl (C=O) groups excluding carboxylic acids is 1. The van der Waals surface area contributed by atoms with Crippen LogP contribution in [-0.2, 0) is 19.0 Å². The zero-order valence-electron chi connectivity index (χ0n) is 17.0. The van der Waals surface area contributed by atoms with E-state index < -0.39 is 0 Å². The zero-order chi connectivity index (χ0) is 20.2. The van der Waals surface area contributed by atoms with Crippen LogP contribution in [0, 0.1) is 5.92 Å². The number of amides is 1. The fourth-order valence-corrected chi connectivity index (χ4v) is 3.13. The number of ether oxygens (including phenoxy) is 3. The topological polar surface area (TPSA) is 109 Å². The van der Waals surface area contributed by atoms with Gasteiger partial charge in [-0.15, -0.1) is 0 Å². The molecule has 0 aromatic heterocycles. The second kappa shape index (κ2) is 19.8. The van der Waals surface area contributed by atoms with Gasteiger partial charge in [0.1, 0.15) is 0 Å². The highest BCUT2D eigenvalue weighted by atomic mass is 32.2. The number of unbranched alkanes of at least 4 members (excludes halogenated alkanes) is 2. The van der Waals surface area contributed by atoms with Gasteiger partial charge in [-0.05, 0) is 43.3 Å². The number of hydrogen-bond donors (Lipinski definition) is 3. The molecule has 0 aliphatic carbocycles. The maximum absolute atomic E-state index is 12.1. The van der Waals surface area contributed by atoms with E-state index in [0.29, 0.717) is 45.4 Å². The minimum absolute atomic E-state index is 0.0383. The van der Waals surface area contributed by atoms with E-state index in [9.17, 15) is 4.79 Å². The summed E-state index contributed by atoms with van der Waals surface area (Å²) in [7, 11) is 1.63. The van der Waals surface area contributed by atoms with Gasteiger partial charge in [0.15, 0.2) is 0 Å². The van der Waals surface area contributed by atoms with Gasteiger partial charge in [0, 0.05) is 20.3 Å². The predicted octanol–water partition coefficient (Wildman–Crippen LogP) is 1.86. The first-order chi connectivity index (χ1) is 13.1. The SMILES string of the molecule is CC[C@@H](COCCCCCSCCC=C(N)N)C(=O)NCCOCCOC. The van der Waals surface area contributed by atoms with Crippen LogP contribution in [0.25, 0.3) is 0 Å². The van der Waals surface area contributed by atoms with E-state index in [2.05, 4.69) is 5.32 Å². The van der Waals surface area contributed by atoms with Crippen molar-refractivity contribution >= 4 is 17.7 Å². The molecule has 1 atom stereocenters. The van der Waals surface area contributed by atoms with E-state index in [-0.39, 0.29) is 11.8 Å². The fourth-order valence-electron chi connectivity index (χ4n) is 2.24. The average molecular weight is 406 g/mol. The summed E-state index contributed by atoms with van der Waals surface area (Å²) in [6.45, 7) is 5.33. The lowest BCUT2D eigenvalue weighted by molar-refractivity contribution is -0.127. The molecule has 0 spiro atoms. The lowest BCUT2D eigenvalue weighted by Gasteiger charge is -2.15. The second-order valence-corrected chi connectivity index (χ2v) is 7.47. The number of hydrogen-bond acceptors (Lipinski definition) is 7. The molecule has 0 aliphatic rings. The number of rotatable bonds is 19. The van der Waals surface area contributed by atoms with Crippen molar-refractivity contribution in [2.24, 2.45) is 17.4 Å². The summed E-state index contributed by atoms with van der Waals surface area (Å²) in [5.41, 5.74) is 10.8. The molecule has 0 unspecified atom stereocenters. The lowest BCUT2D eigenvalue weighted by Crippen LogP contribution is -2.35. The molecule has 0 aliphatic heterocycles. The average Bonchev–Trinajstić information content (AvgIpc) is 2.65. The molecule has 5 N–H and O–H groups in total. The van der Waals surface area contributed by atoms with E-state index in [4.69, 9.17) is 25.7 Å². The number of nitrogens with two attached hydrogens (primary N) is 2. The molecule has 0 aromatic carbocycles. The van der Waals surface area contributed by atoms with Crippen LogP contribution in [0.15, 0.2) is 11.9 Å². The van der Waals surface area contributed by atoms with Gasteiger partial charge in [0.05, 0.1) is 38.2 Å². The Hall–Kier alpha value is -0.960. The normalized spacial score (nSPS) is 11.9. The molecular weight excluding hydrogens is 366 g/mol. The van der Waals surface area contributed by atoms with Crippen LogP contribution in [0.1, 0.15) is 39.0 Å². The Morgan fingerprint density at radius 1 is 1.07 bits per heavy atom. The summed E-state index contributed by atoms with van der Waals surface area (Å²) in [4.78, 5) is 12.1. The van der Waals surface area contributed by atoms with E-state index in [1.54, 1.807) is 7.11 Å². The molecule has 160 valence electrons. The number of thioether (sulfide) groups is 1. The van der Waals surface area contributed by atoms with Gasteiger partial charge in [0.2, 0.25) is 5.91 Å². The van der Waals surface area contributed by atoms with Gasteiger partial charge in [-0.1, -0.05) is 13.3 Å². The van der Waals surface area contributed by atoms with Crippen molar-refractivity contribution in [3.63, 3.8) is 0 Å². The van der Waals surface area contributed by atoms with Crippen molar-refractivity contribution in [2.45, 2.75) is 39.0 Å². The summed E-state index contributed by atoms with van der Waals surface area (Å²) in [6.07, 6.45) is 6.90. The molecule has 0 heterocycles. The summed E-state index contributed by atoms with van der Waals surface area (Å²) in [5, 5.41) is 2.90. The van der Waals surface area contributed by atoms with Crippen LogP contribution in [-0.4, -0.2) is 64.1 Å². The first-order valence-corrected chi connectivity index (χ1v) is 11.0. The molecule has 0 rings (SSSR count). The molecular formula is C19H39N3O4S. The quantitative estimate of drug-likeness (QED) is 0.281. The fraction of sp³-hybridized carbons (Fsp3) is 0.842. The Labute approximate surface area is 168 Å². The summed E-state index contributed by atoms with van der Waals surface area (Å²) in [5.74, 6) is 2.55. The predicted molar refractivity (Wildman–Crippen MR) is 113 cm³/mol. The van der Waals surface area contributed by atoms with Crippen molar-refractivity contribution in [1.82, 2.24) is 5.32 Å². The number of allylic oxidation sites excluding steroid dienone is 1. The standard InChI is InChI=1S/C19H39N3O4S/c1-3-17(19(23)22-9-11-25-13-12-24-2)16-26-10-5-4-6-14-27-15-7-8-18(20)21/h8,17H,3-7,9-16,20-21H2,1-2H3,(H,22,23)/t17-/m0/s1. The molecule has 8 heteroatoms. The zero-order valence-corrected chi connectivity index (χ0v) is 17.9. The van der Waals surface area contributed by atoms with Crippen LogP contribution in [0.5, 0.6) is 0 Å². The van der Waals surface area contributed by atoms with E-state index in [1.807, 2.05) is 24.8 Å². The Kier molecular flexibility index (Phi) is 19.1. The van der Waals surface area contributed by atoms with Crippen molar-refractivity contribution < 1.29 is 19.0 Å². The number of carbonyl (C=O) groups is 1. The third-order valence-electron chi connectivity index (χ3n) is 3.88. The minimum Gasteiger partial charge on any atom is -0.386 e. The van der Waals surface area contributed by atoms with Gasteiger partial charge in [-0.25, -0.2) is 0 Å². The third-order valence-corrected chi connectivity index (χ3v) is 4.98. The van der Waals surface area contributed by atoms with Crippen LogP contribution < -0.4 is 16.8 Å². The molecule has 7 nitrogen and oxygen atoms in total. The Balaban J connectivity index is 3.51. The molecule has 0 saturated heterocycles. The van der Waals surface area contributed by atoms with Gasteiger partial charge in [-0.3, -0.25) is 4.79 Å². The van der Waals surface area contributed by atoms with Crippen LogP contribution in [0.2, 0.25) is 0 Å². The minimum atomic E-state index is -0.0948. The molecule has 0 aromatic rings. The highest BCUT2D eigenvalue weighted by Gasteiger charge is 2.15. The van der Waals surface area contributed by atoms with Crippen molar-refractivity contribution in [3.8, 4) is 0 Å². The number of methoxy groups -OCH3 is 1. The smallest absolute Gasteiger partial charge is 0.225 e. The van der Waals surface area contributed by atoms with Crippen molar-refractivity contribution in [3.05, 3.63) is 11.9 Å². The molecule has 0 bridgehead atoms. The van der Waals surface area contributed by atoms with Crippen LogP contribution in [0.3, 0.4) is 0 Å². The van der Waals surface area contributed by atoms with E-state index in [0.717, 1.165) is 37.2 Å². The van der Waals surface area contributed by atoms with Crippen molar-refractivity contribution in [2.75, 3.05) is 58.2 Å². The highest BCUT2D eigenvalue weighted by molar-refractivity contribution is 7.99. The van der Waals surface area contributed by atoms with Gasteiger partial charge < -0.3 is 31.0 Å². The first kappa shape index (κ1) is 26.0. The highest BCUT2D eigenvalue weighted by Crippen LogP contribution is 2.09. The third kappa shape index (κ3) is 18.2. The number of nitrogens with one attached hydrogen (secondary N) is 1. The largest absolute Gasteiger partial charge is 0.386 e. The van der Waals surface area contributed by atoms with Crippen LogP contribution >= 0.6 is 11.8 Å². The second-order valence-electron chi connectivity index (χ2n) is 6.24. The molecule has 1 amide bonds. The lowest BCUT2D eigenvalue weighted by atomic mass is 10.1. The summed E-state index contributed by atoms with van der Waals surface area (Å²) < 4.78 is 15.9. The Morgan fingerprint density at radius 2 is 1.89 bits per heavy atom. The summed E-state index contributed by atoms with van der Waals surface area (Å²) in [6, 6.07) is 0. The molecule has 0 radical (unpaired) electrons. The van der Waals surface area contributed by atoms with E-state index >= 15 is 0 Å². The maximum Gasteiger partial charge on any atom is 0.225 e. The Bertz CT molecular complexity index is 380. The Morgan fingerprint density at radius 3 is 2.59 bits per heavy atom. The molecule has 27 heavy (non-hydrogen) atoms. The maximum atomic E-state index is 12.1. The van der Waals surface area contributed by atoms with Crippen LogP contribution in [0.4, 0.5) is 0 Å². The monoisotopic (exact) mass is 405 g/mol. The molecule has 0 saturated carbocycles. The first-order valence-electron chi connectivity index (χ1n) is 9.82. The van der Waals surface area contributed by atoms with E-state index in [1.165, 1.54) is 6.42 Å².